The van der Waals surface area contributed by atoms with Crippen molar-refractivity contribution in [3.63, 3.8) is 0 Å². The number of nitrogens with one attached hydrogen (secondary N) is 2. The molecule has 1 aliphatic heterocycles. The first-order valence-corrected chi connectivity index (χ1v) is 9.60. The molecule has 3 aromatic rings. The van der Waals surface area contributed by atoms with Gasteiger partial charge in [-0.15, -0.1) is 0 Å². The van der Waals surface area contributed by atoms with Gasteiger partial charge in [0.2, 0.25) is 0 Å². The molecule has 5 nitrogen and oxygen atoms in total. The number of carbonyl (C=O) groups excluding carboxylic acids is 1. The van der Waals surface area contributed by atoms with Crippen molar-refractivity contribution in [3.05, 3.63) is 65.4 Å². The molecule has 0 unspecified atom stereocenters. The first-order chi connectivity index (χ1) is 14.4. The van der Waals surface area contributed by atoms with Crippen molar-refractivity contribution in [2.75, 3.05) is 18.0 Å². The lowest BCUT2D eigenvalue weighted by atomic mass is 10.0. The largest absolute Gasteiger partial charge is 0.416 e. The van der Waals surface area contributed by atoms with Crippen LogP contribution in [-0.4, -0.2) is 30.0 Å². The van der Waals surface area contributed by atoms with Crippen molar-refractivity contribution in [2.24, 2.45) is 0 Å². The van der Waals surface area contributed by atoms with Crippen molar-refractivity contribution in [1.29, 1.82) is 5.26 Å². The number of rotatable bonds is 3. The minimum Gasteiger partial charge on any atom is -0.369 e. The van der Waals surface area contributed by atoms with Gasteiger partial charge in [-0.1, -0.05) is 0 Å². The van der Waals surface area contributed by atoms with Crippen LogP contribution >= 0.6 is 0 Å². The van der Waals surface area contributed by atoms with Crippen LogP contribution in [0.25, 0.3) is 10.9 Å². The highest BCUT2D eigenvalue weighted by Crippen LogP contribution is 2.31. The molecule has 1 atom stereocenters. The Morgan fingerprint density at radius 1 is 1.17 bits per heavy atom. The zero-order valence-corrected chi connectivity index (χ0v) is 16.0. The van der Waals surface area contributed by atoms with E-state index in [0.29, 0.717) is 12.1 Å². The number of halogens is 3. The normalized spacial score (nSPS) is 17.0. The smallest absolute Gasteiger partial charge is 0.369 e. The van der Waals surface area contributed by atoms with Gasteiger partial charge in [0.25, 0.3) is 5.91 Å². The Balaban J connectivity index is 1.48. The van der Waals surface area contributed by atoms with Gasteiger partial charge < -0.3 is 15.2 Å². The fourth-order valence-corrected chi connectivity index (χ4v) is 3.90. The van der Waals surface area contributed by atoms with E-state index < -0.39 is 11.7 Å². The van der Waals surface area contributed by atoms with E-state index in [1.807, 2.05) is 12.1 Å². The number of anilines is 1. The van der Waals surface area contributed by atoms with E-state index in [0.717, 1.165) is 48.1 Å². The Morgan fingerprint density at radius 2 is 1.93 bits per heavy atom. The summed E-state index contributed by atoms with van der Waals surface area (Å²) < 4.78 is 38.1. The van der Waals surface area contributed by atoms with Crippen LogP contribution in [0, 0.1) is 11.3 Å². The first kappa shape index (κ1) is 19.8. The monoisotopic (exact) mass is 412 g/mol. The van der Waals surface area contributed by atoms with Crippen molar-refractivity contribution in [1.82, 2.24) is 10.3 Å². The van der Waals surface area contributed by atoms with Crippen LogP contribution in [0.15, 0.2) is 48.7 Å². The quantitative estimate of drug-likeness (QED) is 0.667. The van der Waals surface area contributed by atoms with E-state index in [1.165, 1.54) is 12.1 Å². The highest BCUT2D eigenvalue weighted by molar-refractivity contribution is 5.96. The molecule has 1 saturated heterocycles. The number of hydrogen-bond acceptors (Lipinski definition) is 3. The molecule has 0 aliphatic carbocycles. The number of hydrogen-bond donors (Lipinski definition) is 2. The molecule has 2 N–H and O–H groups in total. The maximum atomic E-state index is 12.7. The molecular weight excluding hydrogens is 393 g/mol. The molecule has 0 radical (unpaired) electrons. The maximum absolute atomic E-state index is 12.7. The molecule has 8 heteroatoms. The summed E-state index contributed by atoms with van der Waals surface area (Å²) in [5, 5.41) is 13.2. The van der Waals surface area contributed by atoms with E-state index >= 15 is 0 Å². The Morgan fingerprint density at radius 3 is 2.63 bits per heavy atom. The van der Waals surface area contributed by atoms with Crippen LogP contribution in [0.2, 0.25) is 0 Å². The fraction of sp³-hybridized carbons (Fsp3) is 0.273. The van der Waals surface area contributed by atoms with E-state index in [9.17, 15) is 23.2 Å². The lowest BCUT2D eigenvalue weighted by Crippen LogP contribution is -2.47. The van der Waals surface area contributed by atoms with Gasteiger partial charge >= 0.3 is 6.18 Å². The molecular formula is C22H19F3N4O. The van der Waals surface area contributed by atoms with Crippen molar-refractivity contribution in [2.45, 2.75) is 25.1 Å². The molecule has 4 rings (SSSR count). The van der Waals surface area contributed by atoms with Crippen molar-refractivity contribution >= 4 is 22.5 Å². The molecule has 2 aromatic carbocycles. The summed E-state index contributed by atoms with van der Waals surface area (Å²) in [6, 6.07) is 11.9. The molecule has 1 aliphatic rings. The third-order valence-electron chi connectivity index (χ3n) is 5.39. The molecule has 1 aromatic heterocycles. The van der Waals surface area contributed by atoms with E-state index in [-0.39, 0.29) is 17.5 Å². The number of piperidine rings is 1. The predicted octanol–water partition coefficient (Wildman–Crippen LogP) is 4.46. The molecule has 1 amide bonds. The molecule has 1 fully saturated rings. The summed E-state index contributed by atoms with van der Waals surface area (Å²) >= 11 is 0. The van der Waals surface area contributed by atoms with Gasteiger partial charge in [0.15, 0.2) is 0 Å². The first-order valence-electron chi connectivity index (χ1n) is 9.60. The Labute approximate surface area is 171 Å². The average Bonchev–Trinajstić information content (AvgIpc) is 3.22. The highest BCUT2D eigenvalue weighted by atomic mass is 19.4. The van der Waals surface area contributed by atoms with Crippen molar-refractivity contribution in [3.8, 4) is 6.07 Å². The van der Waals surface area contributed by atoms with E-state index in [2.05, 4.69) is 21.3 Å². The lowest BCUT2D eigenvalue weighted by molar-refractivity contribution is -0.137. The molecule has 154 valence electrons. The summed E-state index contributed by atoms with van der Waals surface area (Å²) in [7, 11) is 0. The zero-order chi connectivity index (χ0) is 21.3. The fourth-order valence-electron chi connectivity index (χ4n) is 3.90. The van der Waals surface area contributed by atoms with Crippen LogP contribution < -0.4 is 10.2 Å². The number of aromatic nitrogens is 1. The van der Waals surface area contributed by atoms with Gasteiger partial charge in [-0.25, -0.2) is 0 Å². The predicted molar refractivity (Wildman–Crippen MR) is 107 cm³/mol. The number of carbonyl (C=O) groups is 1. The highest BCUT2D eigenvalue weighted by Gasteiger charge is 2.30. The van der Waals surface area contributed by atoms with Gasteiger partial charge in [-0.05, 0) is 55.3 Å². The molecule has 0 bridgehead atoms. The lowest BCUT2D eigenvalue weighted by Gasteiger charge is -2.35. The summed E-state index contributed by atoms with van der Waals surface area (Å²) in [6.45, 7) is 1.40. The minimum atomic E-state index is -4.43. The Kier molecular flexibility index (Phi) is 5.12. The number of fused-ring (bicyclic) bond motifs is 1. The standard InChI is InChI=1S/C22H19F3N4O/c23-22(24,25)16-6-3-14(4-7-16)21(30)28-17-2-1-11-29(13-17)19-8-5-15(12-26)20-18(19)9-10-27-20/h3-10,17,27H,1-2,11,13H2,(H,28,30)/t17-/m1/s1. The number of amides is 1. The third-order valence-corrected chi connectivity index (χ3v) is 5.39. The minimum absolute atomic E-state index is 0.127. The Hall–Kier alpha value is -3.47. The molecule has 2 heterocycles. The van der Waals surface area contributed by atoms with Gasteiger partial charge in [-0.3, -0.25) is 4.79 Å². The van der Waals surface area contributed by atoms with Crippen molar-refractivity contribution < 1.29 is 18.0 Å². The Bertz CT molecular complexity index is 1110. The topological polar surface area (TPSA) is 71.9 Å². The van der Waals surface area contributed by atoms with Gasteiger partial charge in [0.1, 0.15) is 6.07 Å². The zero-order valence-electron chi connectivity index (χ0n) is 16.0. The maximum Gasteiger partial charge on any atom is 0.416 e. The average molecular weight is 412 g/mol. The summed E-state index contributed by atoms with van der Waals surface area (Å²) in [5.41, 5.74) is 1.76. The number of aromatic amines is 1. The van der Waals surface area contributed by atoms with Crippen LogP contribution in [0.3, 0.4) is 0 Å². The SMILES string of the molecule is N#Cc1ccc(N2CCC[C@@H](NC(=O)c3ccc(C(F)(F)F)cc3)C2)c2cc[nH]c12. The number of alkyl halides is 3. The molecule has 0 saturated carbocycles. The molecule has 0 spiro atoms. The number of H-pyrrole nitrogens is 1. The van der Waals surface area contributed by atoms with E-state index in [4.69, 9.17) is 0 Å². The van der Waals surface area contributed by atoms with E-state index in [1.54, 1.807) is 12.3 Å². The van der Waals surface area contributed by atoms with Gasteiger partial charge in [0, 0.05) is 42.0 Å². The van der Waals surface area contributed by atoms with Gasteiger partial charge in [0.05, 0.1) is 16.6 Å². The summed E-state index contributed by atoms with van der Waals surface area (Å²) in [4.78, 5) is 17.8. The number of nitriles is 1. The summed E-state index contributed by atoms with van der Waals surface area (Å²) in [6.07, 6.45) is -0.980. The second kappa shape index (κ2) is 7.75. The van der Waals surface area contributed by atoms with Crippen LogP contribution in [0.4, 0.5) is 18.9 Å². The number of nitrogens with zero attached hydrogens (tertiary/aromatic N) is 2. The van der Waals surface area contributed by atoms with Crippen LogP contribution in [0.1, 0.15) is 34.3 Å². The summed E-state index contributed by atoms with van der Waals surface area (Å²) in [5.74, 6) is -0.387. The second-order valence-corrected chi connectivity index (χ2v) is 7.34. The molecule has 30 heavy (non-hydrogen) atoms. The number of benzene rings is 2. The second-order valence-electron chi connectivity index (χ2n) is 7.34. The van der Waals surface area contributed by atoms with Crippen LogP contribution in [0.5, 0.6) is 0 Å². The van der Waals surface area contributed by atoms with Crippen LogP contribution in [-0.2, 0) is 6.18 Å². The third kappa shape index (κ3) is 3.83. The van der Waals surface area contributed by atoms with Gasteiger partial charge in [-0.2, -0.15) is 18.4 Å².